The molecule has 76 valence electrons. The lowest BCUT2D eigenvalue weighted by Crippen LogP contribution is -2.12. The molecule has 3 nitrogen and oxygen atoms in total. The third kappa shape index (κ3) is 3.58. The summed E-state index contributed by atoms with van der Waals surface area (Å²) < 4.78 is 0. The van der Waals surface area contributed by atoms with Crippen molar-refractivity contribution < 1.29 is 5.11 Å². The van der Waals surface area contributed by atoms with Crippen LogP contribution in [0.1, 0.15) is 18.4 Å². The number of benzene rings is 1. The minimum Gasteiger partial charge on any atom is -0.394 e. The molecule has 14 heavy (non-hydrogen) atoms. The highest BCUT2D eigenvalue weighted by Gasteiger charge is 1.99. The molecule has 1 unspecified atom stereocenters. The predicted octanol–water partition coefficient (Wildman–Crippen LogP) is 1.36. The Morgan fingerprint density at radius 3 is 2.79 bits per heavy atom. The molecule has 0 spiro atoms. The monoisotopic (exact) mass is 192 g/mol. The summed E-state index contributed by atoms with van der Waals surface area (Å²) in [6.07, 6.45) is 1.84. The maximum atomic E-state index is 8.51. The molecule has 0 bridgehead atoms. The first-order valence-electron chi connectivity index (χ1n) is 4.76. The van der Waals surface area contributed by atoms with Crippen molar-refractivity contribution >= 4 is 6.21 Å². The topological polar surface area (TPSA) is 44.6 Å². The summed E-state index contributed by atoms with van der Waals surface area (Å²) in [5.41, 5.74) is 3.99. The van der Waals surface area contributed by atoms with E-state index in [0.717, 1.165) is 0 Å². The summed E-state index contributed by atoms with van der Waals surface area (Å²) in [5.74, 6) is 0.294. The van der Waals surface area contributed by atoms with E-state index in [1.54, 1.807) is 0 Å². The number of hydrogen-bond donors (Lipinski definition) is 2. The Hall–Kier alpha value is -1.35. The van der Waals surface area contributed by atoms with E-state index in [0.29, 0.717) is 12.5 Å². The quantitative estimate of drug-likeness (QED) is 0.420. The normalized spacial score (nSPS) is 13.0. The van der Waals surface area contributed by atoms with Crippen LogP contribution in [0.5, 0.6) is 0 Å². The van der Waals surface area contributed by atoms with Crippen molar-refractivity contribution in [2.75, 3.05) is 13.2 Å². The minimum atomic E-state index is 0.108. The summed E-state index contributed by atoms with van der Waals surface area (Å²) in [4.78, 5) is 0. The van der Waals surface area contributed by atoms with E-state index >= 15 is 0 Å². The van der Waals surface area contributed by atoms with Gasteiger partial charge in [-0.15, -0.1) is 0 Å². The Morgan fingerprint density at radius 2 is 2.14 bits per heavy atom. The Morgan fingerprint density at radius 1 is 1.43 bits per heavy atom. The zero-order chi connectivity index (χ0) is 10.2. The van der Waals surface area contributed by atoms with Gasteiger partial charge in [-0.05, 0) is 5.56 Å². The molecule has 1 atom stereocenters. The SMILES string of the molecule is CC(C=NNCCO)c1ccccc1. The summed E-state index contributed by atoms with van der Waals surface area (Å²) in [6, 6.07) is 10.2. The average molecular weight is 192 g/mol. The first-order chi connectivity index (χ1) is 6.84. The third-order valence-corrected chi connectivity index (χ3v) is 1.94. The van der Waals surface area contributed by atoms with Crippen LogP contribution in [0.15, 0.2) is 35.4 Å². The highest BCUT2D eigenvalue weighted by atomic mass is 16.3. The maximum absolute atomic E-state index is 8.51. The first-order valence-corrected chi connectivity index (χ1v) is 4.76. The zero-order valence-corrected chi connectivity index (χ0v) is 8.35. The molecule has 1 rings (SSSR count). The van der Waals surface area contributed by atoms with Crippen LogP contribution in [0.4, 0.5) is 0 Å². The van der Waals surface area contributed by atoms with Crippen LogP contribution < -0.4 is 5.43 Å². The number of hydrogen-bond acceptors (Lipinski definition) is 3. The highest BCUT2D eigenvalue weighted by molar-refractivity contribution is 5.66. The van der Waals surface area contributed by atoms with Crippen molar-refractivity contribution in [2.24, 2.45) is 5.10 Å². The molecular weight excluding hydrogens is 176 g/mol. The molecule has 1 aromatic rings. The summed E-state index contributed by atoms with van der Waals surface area (Å²) in [5, 5.41) is 12.5. The van der Waals surface area contributed by atoms with E-state index in [-0.39, 0.29) is 6.61 Å². The van der Waals surface area contributed by atoms with E-state index in [9.17, 15) is 0 Å². The van der Waals surface area contributed by atoms with Gasteiger partial charge in [-0.3, -0.25) is 0 Å². The van der Waals surface area contributed by atoms with E-state index in [4.69, 9.17) is 5.11 Å². The van der Waals surface area contributed by atoms with Crippen LogP contribution >= 0.6 is 0 Å². The van der Waals surface area contributed by atoms with Gasteiger partial charge in [0.05, 0.1) is 13.2 Å². The van der Waals surface area contributed by atoms with E-state index in [2.05, 4.69) is 29.6 Å². The number of rotatable bonds is 5. The highest BCUT2D eigenvalue weighted by Crippen LogP contribution is 2.11. The lowest BCUT2D eigenvalue weighted by Gasteiger charge is -2.05. The first kappa shape index (κ1) is 10.7. The van der Waals surface area contributed by atoms with Gasteiger partial charge in [-0.2, -0.15) is 5.10 Å². The number of hydrazone groups is 1. The van der Waals surface area contributed by atoms with Gasteiger partial charge in [-0.25, -0.2) is 0 Å². The molecule has 0 aliphatic rings. The third-order valence-electron chi connectivity index (χ3n) is 1.94. The van der Waals surface area contributed by atoms with Crippen LogP contribution in [0.25, 0.3) is 0 Å². The van der Waals surface area contributed by atoms with E-state index in [1.807, 2.05) is 24.4 Å². The summed E-state index contributed by atoms with van der Waals surface area (Å²) in [6.45, 7) is 2.69. The van der Waals surface area contributed by atoms with Gasteiger partial charge >= 0.3 is 0 Å². The molecule has 0 saturated carbocycles. The Kier molecular flexibility index (Phi) is 4.72. The van der Waals surface area contributed by atoms with Crippen LogP contribution in [-0.2, 0) is 0 Å². The van der Waals surface area contributed by atoms with Gasteiger partial charge in [0.25, 0.3) is 0 Å². The van der Waals surface area contributed by atoms with Gasteiger partial charge in [0, 0.05) is 12.1 Å². The largest absolute Gasteiger partial charge is 0.394 e. The second-order valence-corrected chi connectivity index (χ2v) is 3.11. The van der Waals surface area contributed by atoms with Gasteiger partial charge in [0.1, 0.15) is 0 Å². The lowest BCUT2D eigenvalue weighted by molar-refractivity contribution is 0.293. The molecule has 3 heteroatoms. The minimum absolute atomic E-state index is 0.108. The van der Waals surface area contributed by atoms with Gasteiger partial charge in [0.2, 0.25) is 0 Å². The maximum Gasteiger partial charge on any atom is 0.0620 e. The van der Waals surface area contributed by atoms with Crippen LogP contribution in [0, 0.1) is 0 Å². The molecule has 2 N–H and O–H groups in total. The fourth-order valence-corrected chi connectivity index (χ4v) is 1.12. The van der Waals surface area contributed by atoms with E-state index < -0.39 is 0 Å². The zero-order valence-electron chi connectivity index (χ0n) is 8.35. The predicted molar refractivity (Wildman–Crippen MR) is 58.4 cm³/mol. The van der Waals surface area contributed by atoms with Crippen molar-refractivity contribution in [2.45, 2.75) is 12.8 Å². The van der Waals surface area contributed by atoms with Crippen molar-refractivity contribution in [1.82, 2.24) is 5.43 Å². The molecular formula is C11H16N2O. The van der Waals surface area contributed by atoms with Crippen molar-refractivity contribution in [3.8, 4) is 0 Å². The molecule has 0 radical (unpaired) electrons. The Balaban J connectivity index is 2.42. The van der Waals surface area contributed by atoms with Crippen LogP contribution in [-0.4, -0.2) is 24.5 Å². The fraction of sp³-hybridized carbons (Fsp3) is 0.364. The van der Waals surface area contributed by atoms with Gasteiger partial charge in [0.15, 0.2) is 0 Å². The van der Waals surface area contributed by atoms with Crippen LogP contribution in [0.3, 0.4) is 0 Å². The molecule has 0 aromatic heterocycles. The lowest BCUT2D eigenvalue weighted by atomic mass is 10.0. The van der Waals surface area contributed by atoms with Gasteiger partial charge in [-0.1, -0.05) is 37.3 Å². The van der Waals surface area contributed by atoms with Gasteiger partial charge < -0.3 is 10.5 Å². The molecule has 0 saturated heterocycles. The van der Waals surface area contributed by atoms with Crippen molar-refractivity contribution in [3.63, 3.8) is 0 Å². The molecule has 0 aliphatic heterocycles. The number of aliphatic hydroxyl groups is 1. The number of nitrogens with one attached hydrogen (secondary N) is 1. The Labute approximate surface area is 84.5 Å². The fourth-order valence-electron chi connectivity index (χ4n) is 1.12. The summed E-state index contributed by atoms with van der Waals surface area (Å²) in [7, 11) is 0. The molecule has 0 fully saturated rings. The second kappa shape index (κ2) is 6.16. The molecule has 0 heterocycles. The molecule has 1 aromatic carbocycles. The summed E-state index contributed by atoms with van der Waals surface area (Å²) >= 11 is 0. The standard InChI is InChI=1S/C11H16N2O/c1-10(9-13-12-7-8-14)11-5-3-2-4-6-11/h2-6,9-10,12,14H,7-8H2,1H3. The van der Waals surface area contributed by atoms with E-state index in [1.165, 1.54) is 5.56 Å². The average Bonchev–Trinajstić information content (AvgIpc) is 2.25. The number of aliphatic hydroxyl groups excluding tert-OH is 1. The Bertz CT molecular complexity index is 272. The van der Waals surface area contributed by atoms with Crippen molar-refractivity contribution in [1.29, 1.82) is 0 Å². The molecule has 0 amide bonds. The number of nitrogens with zero attached hydrogens (tertiary/aromatic N) is 1. The smallest absolute Gasteiger partial charge is 0.0620 e. The van der Waals surface area contributed by atoms with Crippen LogP contribution in [0.2, 0.25) is 0 Å². The second-order valence-electron chi connectivity index (χ2n) is 3.11. The molecule has 0 aliphatic carbocycles. The van der Waals surface area contributed by atoms with Crippen molar-refractivity contribution in [3.05, 3.63) is 35.9 Å².